The fourth-order valence-electron chi connectivity index (χ4n) is 1.43. The molecule has 12 heavy (non-hydrogen) atoms. The molecule has 2 rings (SSSR count). The predicted octanol–water partition coefficient (Wildman–Crippen LogP) is 1.25. The number of hydrogen-bond acceptors (Lipinski definition) is 3. The molecule has 2 atom stereocenters. The maximum Gasteiger partial charge on any atom is 0.155 e. The predicted molar refractivity (Wildman–Crippen MR) is 43.3 cm³/mol. The standard InChI is InChI=1S/C9H11NO2/c11-9-4-3-8(12-9)7-2-1-5-10-6-7/h1-2,5-6,8-9,11H,3-4H2. The normalized spacial score (nSPS) is 29.1. The molecule has 2 heterocycles. The molecule has 3 heteroatoms. The van der Waals surface area contributed by atoms with E-state index in [0.29, 0.717) is 0 Å². The van der Waals surface area contributed by atoms with Crippen LogP contribution < -0.4 is 0 Å². The van der Waals surface area contributed by atoms with Crippen LogP contribution in [0.3, 0.4) is 0 Å². The molecule has 1 saturated heterocycles. The number of rotatable bonds is 1. The highest BCUT2D eigenvalue weighted by Gasteiger charge is 2.24. The third kappa shape index (κ3) is 1.47. The molecule has 1 aromatic heterocycles. The van der Waals surface area contributed by atoms with Crippen LogP contribution in [0.1, 0.15) is 24.5 Å². The molecular weight excluding hydrogens is 154 g/mol. The van der Waals surface area contributed by atoms with Crippen LogP contribution in [0.15, 0.2) is 24.5 Å². The quantitative estimate of drug-likeness (QED) is 0.681. The Balaban J connectivity index is 2.11. The lowest BCUT2D eigenvalue weighted by molar-refractivity contribution is -0.0914. The summed E-state index contributed by atoms with van der Waals surface area (Å²) in [5, 5.41) is 9.12. The summed E-state index contributed by atoms with van der Waals surface area (Å²) in [6.45, 7) is 0. The Labute approximate surface area is 71.0 Å². The van der Waals surface area contributed by atoms with Crippen LogP contribution in [0.2, 0.25) is 0 Å². The van der Waals surface area contributed by atoms with E-state index in [4.69, 9.17) is 9.84 Å². The Kier molecular flexibility index (Phi) is 2.06. The summed E-state index contributed by atoms with van der Waals surface area (Å²) in [7, 11) is 0. The van der Waals surface area contributed by atoms with E-state index in [2.05, 4.69) is 4.98 Å². The van der Waals surface area contributed by atoms with Crippen molar-refractivity contribution < 1.29 is 9.84 Å². The van der Waals surface area contributed by atoms with E-state index in [1.807, 2.05) is 12.1 Å². The van der Waals surface area contributed by atoms with Crippen molar-refractivity contribution in [3.63, 3.8) is 0 Å². The molecule has 3 nitrogen and oxygen atoms in total. The van der Waals surface area contributed by atoms with Crippen molar-refractivity contribution >= 4 is 0 Å². The second kappa shape index (κ2) is 3.21. The number of ether oxygens (including phenoxy) is 1. The van der Waals surface area contributed by atoms with Crippen molar-refractivity contribution in [3.8, 4) is 0 Å². The Morgan fingerprint density at radius 2 is 2.42 bits per heavy atom. The van der Waals surface area contributed by atoms with Gasteiger partial charge in [-0.1, -0.05) is 6.07 Å². The molecule has 0 amide bonds. The summed E-state index contributed by atoms with van der Waals surface area (Å²) < 4.78 is 5.26. The molecule has 0 radical (unpaired) electrons. The molecule has 1 aliphatic heterocycles. The Bertz CT molecular complexity index is 250. The molecule has 2 unspecified atom stereocenters. The van der Waals surface area contributed by atoms with Gasteiger partial charge in [-0.3, -0.25) is 4.98 Å². The zero-order valence-corrected chi connectivity index (χ0v) is 6.68. The van der Waals surface area contributed by atoms with E-state index in [-0.39, 0.29) is 6.10 Å². The Morgan fingerprint density at radius 3 is 3.00 bits per heavy atom. The molecule has 0 bridgehead atoms. The molecule has 0 aromatic carbocycles. The van der Waals surface area contributed by atoms with Crippen LogP contribution >= 0.6 is 0 Å². The van der Waals surface area contributed by atoms with Crippen molar-refractivity contribution in [1.82, 2.24) is 4.98 Å². The SMILES string of the molecule is OC1CCC(c2cccnc2)O1. The van der Waals surface area contributed by atoms with Crippen molar-refractivity contribution in [3.05, 3.63) is 30.1 Å². The van der Waals surface area contributed by atoms with Gasteiger partial charge in [0.25, 0.3) is 0 Å². The van der Waals surface area contributed by atoms with E-state index >= 15 is 0 Å². The minimum Gasteiger partial charge on any atom is -0.368 e. The molecule has 1 aromatic rings. The van der Waals surface area contributed by atoms with Crippen LogP contribution in [0.25, 0.3) is 0 Å². The lowest BCUT2D eigenvalue weighted by Gasteiger charge is -2.09. The molecule has 0 spiro atoms. The van der Waals surface area contributed by atoms with E-state index < -0.39 is 6.29 Å². The third-order valence-electron chi connectivity index (χ3n) is 2.05. The van der Waals surface area contributed by atoms with Crippen molar-refractivity contribution in [1.29, 1.82) is 0 Å². The second-order valence-corrected chi connectivity index (χ2v) is 2.94. The van der Waals surface area contributed by atoms with E-state index in [9.17, 15) is 0 Å². The van der Waals surface area contributed by atoms with Gasteiger partial charge >= 0.3 is 0 Å². The zero-order chi connectivity index (χ0) is 8.39. The number of aliphatic hydroxyl groups is 1. The van der Waals surface area contributed by atoms with Gasteiger partial charge in [0.15, 0.2) is 6.29 Å². The van der Waals surface area contributed by atoms with Crippen LogP contribution in [-0.4, -0.2) is 16.4 Å². The summed E-state index contributed by atoms with van der Waals surface area (Å²) in [6, 6.07) is 3.85. The maximum absolute atomic E-state index is 9.12. The molecule has 1 aliphatic rings. The highest BCUT2D eigenvalue weighted by molar-refractivity contribution is 5.12. The van der Waals surface area contributed by atoms with Gasteiger partial charge in [-0.15, -0.1) is 0 Å². The average Bonchev–Trinajstić information content (AvgIpc) is 2.54. The van der Waals surface area contributed by atoms with Gasteiger partial charge in [-0.05, 0) is 18.1 Å². The van der Waals surface area contributed by atoms with Gasteiger partial charge in [0.1, 0.15) is 0 Å². The number of pyridine rings is 1. The summed E-state index contributed by atoms with van der Waals surface area (Å²) in [6.07, 6.45) is 4.56. The van der Waals surface area contributed by atoms with Crippen molar-refractivity contribution in [2.24, 2.45) is 0 Å². The van der Waals surface area contributed by atoms with Crippen LogP contribution in [0.5, 0.6) is 0 Å². The second-order valence-electron chi connectivity index (χ2n) is 2.94. The third-order valence-corrected chi connectivity index (χ3v) is 2.05. The molecule has 1 N–H and O–H groups in total. The van der Waals surface area contributed by atoms with Crippen LogP contribution in [-0.2, 0) is 4.74 Å². The van der Waals surface area contributed by atoms with Crippen molar-refractivity contribution in [2.45, 2.75) is 25.2 Å². The number of nitrogens with zero attached hydrogens (tertiary/aromatic N) is 1. The van der Waals surface area contributed by atoms with Gasteiger partial charge in [0.2, 0.25) is 0 Å². The maximum atomic E-state index is 9.12. The zero-order valence-electron chi connectivity index (χ0n) is 6.68. The summed E-state index contributed by atoms with van der Waals surface area (Å²) >= 11 is 0. The number of hydrogen-bond donors (Lipinski definition) is 1. The first-order valence-corrected chi connectivity index (χ1v) is 4.10. The molecule has 0 saturated carbocycles. The minimum atomic E-state index is -0.588. The van der Waals surface area contributed by atoms with E-state index in [1.54, 1.807) is 12.4 Å². The minimum absolute atomic E-state index is 0.0358. The monoisotopic (exact) mass is 165 g/mol. The number of aliphatic hydroxyl groups excluding tert-OH is 1. The first kappa shape index (κ1) is 7.71. The highest BCUT2D eigenvalue weighted by atomic mass is 16.6. The summed E-state index contributed by atoms with van der Waals surface area (Å²) in [5.74, 6) is 0. The van der Waals surface area contributed by atoms with Gasteiger partial charge in [-0.25, -0.2) is 0 Å². The fourth-order valence-corrected chi connectivity index (χ4v) is 1.43. The van der Waals surface area contributed by atoms with Gasteiger partial charge in [0.05, 0.1) is 6.10 Å². The molecule has 64 valence electrons. The first-order valence-electron chi connectivity index (χ1n) is 4.10. The Morgan fingerprint density at radius 1 is 1.50 bits per heavy atom. The number of aromatic nitrogens is 1. The van der Waals surface area contributed by atoms with Crippen LogP contribution in [0, 0.1) is 0 Å². The van der Waals surface area contributed by atoms with Gasteiger partial charge < -0.3 is 9.84 Å². The average molecular weight is 165 g/mol. The van der Waals surface area contributed by atoms with Gasteiger partial charge in [-0.2, -0.15) is 0 Å². The summed E-state index contributed by atoms with van der Waals surface area (Å²) in [4.78, 5) is 3.99. The van der Waals surface area contributed by atoms with Crippen LogP contribution in [0.4, 0.5) is 0 Å². The summed E-state index contributed by atoms with van der Waals surface area (Å²) in [5.41, 5.74) is 1.05. The lowest BCUT2D eigenvalue weighted by atomic mass is 10.1. The topological polar surface area (TPSA) is 42.4 Å². The molecular formula is C9H11NO2. The first-order chi connectivity index (χ1) is 5.86. The molecule has 0 aliphatic carbocycles. The Hall–Kier alpha value is -0.930. The van der Waals surface area contributed by atoms with E-state index in [1.165, 1.54) is 0 Å². The molecule has 1 fully saturated rings. The van der Waals surface area contributed by atoms with Crippen molar-refractivity contribution in [2.75, 3.05) is 0 Å². The lowest BCUT2D eigenvalue weighted by Crippen LogP contribution is -2.04. The van der Waals surface area contributed by atoms with Gasteiger partial charge in [0, 0.05) is 18.8 Å². The fraction of sp³-hybridized carbons (Fsp3) is 0.444. The largest absolute Gasteiger partial charge is 0.368 e. The van der Waals surface area contributed by atoms with E-state index in [0.717, 1.165) is 18.4 Å². The smallest absolute Gasteiger partial charge is 0.155 e. The highest BCUT2D eigenvalue weighted by Crippen LogP contribution is 2.30.